The maximum Gasteiger partial charge on any atom is 0.416 e. The number of benzene rings is 2. The maximum atomic E-state index is 13.2. The van der Waals surface area contributed by atoms with Gasteiger partial charge in [-0.1, -0.05) is 37.3 Å². The number of carbonyl (C=O) groups is 1. The van der Waals surface area contributed by atoms with Gasteiger partial charge in [-0.2, -0.15) is 13.2 Å². The molecular weight excluding hydrogens is 365 g/mol. The second kappa shape index (κ2) is 8.50. The third-order valence-electron chi connectivity index (χ3n) is 4.93. The molecule has 3 rings (SSSR count). The summed E-state index contributed by atoms with van der Waals surface area (Å²) < 4.78 is 39.5. The van der Waals surface area contributed by atoms with Crippen molar-refractivity contribution in [1.82, 2.24) is 0 Å². The molecule has 0 radical (unpaired) electrons. The monoisotopic (exact) mass is 388 g/mol. The summed E-state index contributed by atoms with van der Waals surface area (Å²) in [4.78, 5) is 14.4. The smallest absolute Gasteiger partial charge is 0.370 e. The van der Waals surface area contributed by atoms with E-state index in [0.29, 0.717) is 11.6 Å². The van der Waals surface area contributed by atoms with Crippen LogP contribution in [-0.4, -0.2) is 19.0 Å². The number of carbonyl (C=O) groups excluding carboxylic acids is 1. The Bertz CT molecular complexity index is 839. The molecule has 2 aromatic rings. The van der Waals surface area contributed by atoms with Crippen LogP contribution in [-0.2, 0) is 11.0 Å². The average Bonchev–Trinajstić information content (AvgIpc) is 2.67. The van der Waals surface area contributed by atoms with Gasteiger partial charge in [-0.25, -0.2) is 0 Å². The van der Waals surface area contributed by atoms with Crippen molar-refractivity contribution in [3.05, 3.63) is 65.7 Å². The Morgan fingerprint density at radius 3 is 2.43 bits per heavy atom. The Balaban J connectivity index is 1.83. The molecule has 0 saturated carbocycles. The van der Waals surface area contributed by atoms with Gasteiger partial charge in [0.2, 0.25) is 5.91 Å². The number of nitrogens with one attached hydrogen (secondary N) is 1. The number of hydrogen-bond donors (Lipinski definition) is 1. The molecule has 3 nitrogen and oxygen atoms in total. The first kappa shape index (κ1) is 20.0. The number of piperidine rings is 1. The van der Waals surface area contributed by atoms with Gasteiger partial charge in [-0.3, -0.25) is 4.79 Å². The van der Waals surface area contributed by atoms with E-state index in [9.17, 15) is 18.0 Å². The van der Waals surface area contributed by atoms with Crippen LogP contribution in [0.5, 0.6) is 0 Å². The van der Waals surface area contributed by atoms with Crippen LogP contribution in [0.25, 0.3) is 6.08 Å². The second-order valence-electron chi connectivity index (χ2n) is 7.13. The molecule has 6 heteroatoms. The molecule has 28 heavy (non-hydrogen) atoms. The molecule has 1 amide bonds. The minimum absolute atomic E-state index is 0.187. The topological polar surface area (TPSA) is 32.3 Å². The van der Waals surface area contributed by atoms with E-state index < -0.39 is 17.6 Å². The van der Waals surface area contributed by atoms with Gasteiger partial charge < -0.3 is 10.2 Å². The van der Waals surface area contributed by atoms with E-state index in [1.54, 1.807) is 6.08 Å². The predicted molar refractivity (Wildman–Crippen MR) is 106 cm³/mol. The van der Waals surface area contributed by atoms with E-state index >= 15 is 0 Å². The van der Waals surface area contributed by atoms with Gasteiger partial charge in [0.15, 0.2) is 0 Å². The van der Waals surface area contributed by atoms with Crippen LogP contribution in [0.4, 0.5) is 24.5 Å². The van der Waals surface area contributed by atoms with Crippen molar-refractivity contribution in [3.8, 4) is 0 Å². The van der Waals surface area contributed by atoms with E-state index in [0.717, 1.165) is 43.6 Å². The van der Waals surface area contributed by atoms with Crippen molar-refractivity contribution in [1.29, 1.82) is 0 Å². The molecule has 1 N–H and O–H groups in total. The minimum Gasteiger partial charge on any atom is -0.370 e. The molecule has 1 aliphatic rings. The highest BCUT2D eigenvalue weighted by atomic mass is 19.4. The summed E-state index contributed by atoms with van der Waals surface area (Å²) in [6.45, 7) is 3.69. The summed E-state index contributed by atoms with van der Waals surface area (Å²) >= 11 is 0. The van der Waals surface area contributed by atoms with Gasteiger partial charge in [0.1, 0.15) is 0 Å². The fraction of sp³-hybridized carbons (Fsp3) is 0.318. The molecule has 1 fully saturated rings. The van der Waals surface area contributed by atoms with Gasteiger partial charge in [0, 0.05) is 19.2 Å². The van der Waals surface area contributed by atoms with Gasteiger partial charge in [0.05, 0.1) is 16.9 Å². The molecule has 148 valence electrons. The number of amides is 1. The van der Waals surface area contributed by atoms with Crippen LogP contribution in [0.15, 0.2) is 54.6 Å². The van der Waals surface area contributed by atoms with Crippen LogP contribution in [0, 0.1) is 5.92 Å². The zero-order valence-corrected chi connectivity index (χ0v) is 15.7. The lowest BCUT2D eigenvalue weighted by Gasteiger charge is -2.33. The van der Waals surface area contributed by atoms with Crippen LogP contribution >= 0.6 is 0 Å². The number of nitrogens with zero attached hydrogens (tertiary/aromatic N) is 1. The molecule has 2 aromatic carbocycles. The molecule has 1 heterocycles. The molecule has 1 aliphatic heterocycles. The Kier molecular flexibility index (Phi) is 6.07. The number of halogens is 3. The Morgan fingerprint density at radius 2 is 1.79 bits per heavy atom. The molecule has 0 aromatic heterocycles. The SMILES string of the molecule is CC1CCN(c2ccc(C(F)(F)F)cc2NC(=O)/C=C/c2ccccc2)CC1. The van der Waals surface area contributed by atoms with Gasteiger partial charge in [-0.15, -0.1) is 0 Å². The van der Waals surface area contributed by atoms with Gasteiger partial charge in [-0.05, 0) is 48.6 Å². The van der Waals surface area contributed by atoms with Gasteiger partial charge in [0.25, 0.3) is 0 Å². The van der Waals surface area contributed by atoms with Crippen molar-refractivity contribution in [2.45, 2.75) is 25.9 Å². The van der Waals surface area contributed by atoms with E-state index in [4.69, 9.17) is 0 Å². The summed E-state index contributed by atoms with van der Waals surface area (Å²) in [5, 5.41) is 2.63. The molecule has 0 bridgehead atoms. The molecule has 1 saturated heterocycles. The van der Waals surface area contributed by atoms with E-state index in [1.807, 2.05) is 35.2 Å². The lowest BCUT2D eigenvalue weighted by molar-refractivity contribution is -0.137. The fourth-order valence-electron chi connectivity index (χ4n) is 3.25. The van der Waals surface area contributed by atoms with Crippen LogP contribution in [0.1, 0.15) is 30.9 Å². The highest BCUT2D eigenvalue weighted by molar-refractivity contribution is 6.03. The number of rotatable bonds is 4. The molecule has 0 spiro atoms. The van der Waals surface area contributed by atoms with Crippen molar-refractivity contribution in [3.63, 3.8) is 0 Å². The van der Waals surface area contributed by atoms with Gasteiger partial charge >= 0.3 is 6.18 Å². The zero-order chi connectivity index (χ0) is 20.1. The molecule has 0 unspecified atom stereocenters. The second-order valence-corrected chi connectivity index (χ2v) is 7.13. The van der Waals surface area contributed by atoms with Crippen LogP contribution in [0.3, 0.4) is 0 Å². The zero-order valence-electron chi connectivity index (χ0n) is 15.7. The Labute approximate surface area is 162 Å². The summed E-state index contributed by atoms with van der Waals surface area (Å²) in [6.07, 6.45) is 0.446. The summed E-state index contributed by atoms with van der Waals surface area (Å²) in [5.41, 5.74) is 0.879. The average molecular weight is 388 g/mol. The quantitative estimate of drug-likeness (QED) is 0.692. The molecular formula is C22H23F3N2O. The summed E-state index contributed by atoms with van der Waals surface area (Å²) in [5.74, 6) is 0.132. The maximum absolute atomic E-state index is 13.2. The van der Waals surface area contributed by atoms with Crippen LogP contribution < -0.4 is 10.2 Å². The Hall–Kier alpha value is -2.76. The van der Waals surface area contributed by atoms with Crippen molar-refractivity contribution >= 4 is 23.4 Å². The van der Waals surface area contributed by atoms with Crippen molar-refractivity contribution in [2.75, 3.05) is 23.3 Å². The van der Waals surface area contributed by atoms with Crippen LogP contribution in [0.2, 0.25) is 0 Å². The predicted octanol–water partition coefficient (Wildman–Crippen LogP) is 5.59. The normalized spacial score (nSPS) is 15.8. The first-order chi connectivity index (χ1) is 13.3. The largest absolute Gasteiger partial charge is 0.416 e. The van der Waals surface area contributed by atoms with E-state index in [1.165, 1.54) is 12.1 Å². The third kappa shape index (κ3) is 5.15. The standard InChI is InChI=1S/C22H23F3N2O/c1-16-11-13-27(14-12-16)20-9-8-18(22(23,24)25)15-19(20)26-21(28)10-7-17-5-3-2-4-6-17/h2-10,15-16H,11-14H2,1H3,(H,26,28)/b10-7+. The first-order valence-corrected chi connectivity index (χ1v) is 9.33. The number of hydrogen-bond acceptors (Lipinski definition) is 2. The molecule has 0 atom stereocenters. The highest BCUT2D eigenvalue weighted by Crippen LogP contribution is 2.36. The van der Waals surface area contributed by atoms with E-state index in [-0.39, 0.29) is 5.69 Å². The van der Waals surface area contributed by atoms with Crippen molar-refractivity contribution < 1.29 is 18.0 Å². The third-order valence-corrected chi connectivity index (χ3v) is 4.93. The van der Waals surface area contributed by atoms with Crippen molar-refractivity contribution in [2.24, 2.45) is 5.92 Å². The Morgan fingerprint density at radius 1 is 1.11 bits per heavy atom. The fourth-order valence-corrected chi connectivity index (χ4v) is 3.25. The van der Waals surface area contributed by atoms with E-state index in [2.05, 4.69) is 12.2 Å². The minimum atomic E-state index is -4.46. The summed E-state index contributed by atoms with van der Waals surface area (Å²) in [6, 6.07) is 12.8. The summed E-state index contributed by atoms with van der Waals surface area (Å²) in [7, 11) is 0. The lowest BCUT2D eigenvalue weighted by Crippen LogP contribution is -2.33. The lowest BCUT2D eigenvalue weighted by atomic mass is 9.98. The first-order valence-electron chi connectivity index (χ1n) is 9.33. The number of alkyl halides is 3. The number of anilines is 2. The molecule has 0 aliphatic carbocycles. The highest BCUT2D eigenvalue weighted by Gasteiger charge is 2.32.